The minimum atomic E-state index is -0.636. The Morgan fingerprint density at radius 1 is 1.44 bits per heavy atom. The summed E-state index contributed by atoms with van der Waals surface area (Å²) in [6.45, 7) is 0. The summed E-state index contributed by atoms with van der Waals surface area (Å²) in [6.07, 6.45) is 0. The van der Waals surface area contributed by atoms with Crippen molar-refractivity contribution in [1.82, 2.24) is 4.98 Å². The van der Waals surface area contributed by atoms with E-state index in [4.69, 9.17) is 22.1 Å². The van der Waals surface area contributed by atoms with E-state index in [9.17, 15) is 4.79 Å². The number of pyridine rings is 1. The van der Waals surface area contributed by atoms with E-state index in [-0.39, 0.29) is 10.7 Å². The van der Waals surface area contributed by atoms with Gasteiger partial charge in [-0.3, -0.25) is 4.79 Å². The second-order valence-electron chi connectivity index (χ2n) is 3.24. The molecule has 5 heteroatoms. The molecule has 0 aliphatic heterocycles. The van der Waals surface area contributed by atoms with Crippen molar-refractivity contribution in [3.8, 4) is 5.75 Å². The molecule has 0 saturated carbocycles. The molecule has 1 aromatic carbocycles. The molecule has 82 valence electrons. The third-order valence-corrected chi connectivity index (χ3v) is 2.50. The molecule has 4 nitrogen and oxygen atoms in total. The highest BCUT2D eigenvalue weighted by Crippen LogP contribution is 2.24. The lowest BCUT2D eigenvalue weighted by Gasteiger charge is -2.04. The number of nitrogens with zero attached hydrogens (tertiary/aromatic N) is 1. The van der Waals surface area contributed by atoms with Crippen molar-refractivity contribution in [2.75, 3.05) is 7.11 Å². The number of halogens is 1. The first-order chi connectivity index (χ1) is 7.61. The second kappa shape index (κ2) is 3.98. The van der Waals surface area contributed by atoms with Gasteiger partial charge in [-0.15, -0.1) is 0 Å². The highest BCUT2D eigenvalue weighted by atomic mass is 35.5. The summed E-state index contributed by atoms with van der Waals surface area (Å²) in [7, 11) is 1.58. The number of fused-ring (bicyclic) bond motifs is 1. The largest absolute Gasteiger partial charge is 0.497 e. The van der Waals surface area contributed by atoms with Gasteiger partial charge < -0.3 is 10.5 Å². The van der Waals surface area contributed by atoms with Crippen molar-refractivity contribution < 1.29 is 9.53 Å². The number of aromatic nitrogens is 1. The van der Waals surface area contributed by atoms with Crippen molar-refractivity contribution in [2.45, 2.75) is 0 Å². The number of benzene rings is 1. The topological polar surface area (TPSA) is 65.2 Å². The molecule has 1 heterocycles. The fourth-order valence-electron chi connectivity index (χ4n) is 1.43. The number of primary amides is 1. The van der Waals surface area contributed by atoms with Crippen LogP contribution in [0.1, 0.15) is 10.5 Å². The summed E-state index contributed by atoms with van der Waals surface area (Å²) >= 11 is 5.89. The van der Waals surface area contributed by atoms with Crippen LogP contribution in [0.2, 0.25) is 5.02 Å². The van der Waals surface area contributed by atoms with E-state index < -0.39 is 5.91 Å². The molecule has 2 N–H and O–H groups in total. The van der Waals surface area contributed by atoms with Crippen LogP contribution >= 0.6 is 11.6 Å². The van der Waals surface area contributed by atoms with Crippen LogP contribution in [-0.4, -0.2) is 18.0 Å². The van der Waals surface area contributed by atoms with Crippen LogP contribution < -0.4 is 10.5 Å². The Bertz CT molecular complexity index is 569. The summed E-state index contributed by atoms with van der Waals surface area (Å²) in [4.78, 5) is 15.1. The standard InChI is InChI=1S/C11H9ClN2O2/c1-16-7-2-3-9-6(4-7)5-8(12)10(14-9)11(13)15/h2-5H,1H3,(H2,13,15). The van der Waals surface area contributed by atoms with Crippen molar-refractivity contribution in [3.05, 3.63) is 35.0 Å². The van der Waals surface area contributed by atoms with E-state index in [0.717, 1.165) is 5.39 Å². The Labute approximate surface area is 97.0 Å². The van der Waals surface area contributed by atoms with Crippen LogP contribution in [0, 0.1) is 0 Å². The fourth-order valence-corrected chi connectivity index (χ4v) is 1.68. The number of hydrogen-bond acceptors (Lipinski definition) is 3. The number of hydrogen-bond donors (Lipinski definition) is 1. The van der Waals surface area contributed by atoms with Crippen LogP contribution in [0.15, 0.2) is 24.3 Å². The van der Waals surface area contributed by atoms with Crippen molar-refractivity contribution in [3.63, 3.8) is 0 Å². The Kier molecular flexibility index (Phi) is 2.66. The van der Waals surface area contributed by atoms with Crippen molar-refractivity contribution >= 4 is 28.4 Å². The lowest BCUT2D eigenvalue weighted by Crippen LogP contribution is -2.13. The smallest absolute Gasteiger partial charge is 0.268 e. The van der Waals surface area contributed by atoms with Gasteiger partial charge in [0.2, 0.25) is 0 Å². The van der Waals surface area contributed by atoms with Gasteiger partial charge in [-0.2, -0.15) is 0 Å². The average Bonchev–Trinajstić information content (AvgIpc) is 2.27. The molecule has 2 aromatic rings. The maximum Gasteiger partial charge on any atom is 0.268 e. The van der Waals surface area contributed by atoms with E-state index in [1.54, 1.807) is 31.4 Å². The first kappa shape index (κ1) is 10.7. The quantitative estimate of drug-likeness (QED) is 0.867. The minimum absolute atomic E-state index is 0.0827. The molecule has 0 unspecified atom stereocenters. The summed E-state index contributed by atoms with van der Waals surface area (Å²) < 4.78 is 5.08. The van der Waals surface area contributed by atoms with Gasteiger partial charge in [-0.05, 0) is 24.3 Å². The zero-order valence-corrected chi connectivity index (χ0v) is 9.28. The van der Waals surface area contributed by atoms with Crippen LogP contribution in [0.4, 0.5) is 0 Å². The predicted molar refractivity (Wildman–Crippen MR) is 61.8 cm³/mol. The number of nitrogens with two attached hydrogens (primary N) is 1. The van der Waals surface area contributed by atoms with Gasteiger partial charge in [0.1, 0.15) is 11.4 Å². The maximum atomic E-state index is 11.0. The number of amides is 1. The van der Waals surface area contributed by atoms with Gasteiger partial charge in [-0.1, -0.05) is 11.6 Å². The Hall–Kier alpha value is -1.81. The molecule has 0 atom stereocenters. The first-order valence-corrected chi connectivity index (χ1v) is 4.93. The van der Waals surface area contributed by atoms with E-state index >= 15 is 0 Å². The number of methoxy groups -OCH3 is 1. The normalized spacial score (nSPS) is 10.4. The minimum Gasteiger partial charge on any atom is -0.497 e. The van der Waals surface area contributed by atoms with Gasteiger partial charge >= 0.3 is 0 Å². The number of carbonyl (C=O) groups excluding carboxylic acids is 1. The molecule has 0 saturated heterocycles. The highest BCUT2D eigenvalue weighted by molar-refractivity contribution is 6.34. The Morgan fingerprint density at radius 2 is 2.19 bits per heavy atom. The molecule has 0 spiro atoms. The lowest BCUT2D eigenvalue weighted by molar-refractivity contribution is 0.0996. The first-order valence-electron chi connectivity index (χ1n) is 4.56. The third-order valence-electron chi connectivity index (χ3n) is 2.21. The molecule has 0 aliphatic carbocycles. The third kappa shape index (κ3) is 1.79. The molecular formula is C11H9ClN2O2. The Balaban J connectivity index is 2.68. The second-order valence-corrected chi connectivity index (χ2v) is 3.65. The summed E-state index contributed by atoms with van der Waals surface area (Å²) in [5.74, 6) is 0.0694. The Morgan fingerprint density at radius 3 is 2.81 bits per heavy atom. The monoisotopic (exact) mass is 236 g/mol. The molecule has 1 amide bonds. The summed E-state index contributed by atoms with van der Waals surface area (Å²) in [6, 6.07) is 6.94. The predicted octanol–water partition coefficient (Wildman–Crippen LogP) is 2.00. The SMILES string of the molecule is COc1ccc2nc(C(N)=O)c(Cl)cc2c1. The molecule has 1 aromatic heterocycles. The number of ether oxygens (including phenoxy) is 1. The summed E-state index contributed by atoms with van der Waals surface area (Å²) in [5, 5.41) is 1.04. The zero-order valence-electron chi connectivity index (χ0n) is 8.53. The number of rotatable bonds is 2. The van der Waals surface area contributed by atoms with E-state index in [0.29, 0.717) is 11.3 Å². The highest BCUT2D eigenvalue weighted by Gasteiger charge is 2.10. The zero-order chi connectivity index (χ0) is 11.7. The average molecular weight is 237 g/mol. The van der Waals surface area contributed by atoms with Crippen LogP contribution in [0.5, 0.6) is 5.75 Å². The van der Waals surface area contributed by atoms with Crippen molar-refractivity contribution in [1.29, 1.82) is 0 Å². The summed E-state index contributed by atoms with van der Waals surface area (Å²) in [5.41, 5.74) is 5.89. The van der Waals surface area contributed by atoms with Gasteiger partial charge in [0, 0.05) is 5.39 Å². The lowest BCUT2D eigenvalue weighted by atomic mass is 10.2. The molecule has 2 rings (SSSR count). The van der Waals surface area contributed by atoms with Crippen LogP contribution in [-0.2, 0) is 0 Å². The van der Waals surface area contributed by atoms with Gasteiger partial charge in [-0.25, -0.2) is 4.98 Å². The van der Waals surface area contributed by atoms with Gasteiger partial charge in [0.15, 0.2) is 0 Å². The molecule has 0 radical (unpaired) electrons. The van der Waals surface area contributed by atoms with E-state index in [1.807, 2.05) is 0 Å². The fraction of sp³-hybridized carbons (Fsp3) is 0.0909. The molecule has 16 heavy (non-hydrogen) atoms. The molecule has 0 fully saturated rings. The molecular weight excluding hydrogens is 228 g/mol. The van der Waals surface area contributed by atoms with Crippen LogP contribution in [0.25, 0.3) is 10.9 Å². The number of carbonyl (C=O) groups is 1. The van der Waals surface area contributed by atoms with E-state index in [2.05, 4.69) is 4.98 Å². The molecule has 0 bridgehead atoms. The molecule has 0 aliphatic rings. The van der Waals surface area contributed by atoms with Crippen LogP contribution in [0.3, 0.4) is 0 Å². The van der Waals surface area contributed by atoms with E-state index in [1.165, 1.54) is 0 Å². The van der Waals surface area contributed by atoms with Crippen molar-refractivity contribution in [2.24, 2.45) is 5.73 Å². The maximum absolute atomic E-state index is 11.0. The van der Waals surface area contributed by atoms with Gasteiger partial charge in [0.25, 0.3) is 5.91 Å². The van der Waals surface area contributed by atoms with Gasteiger partial charge in [0.05, 0.1) is 17.6 Å².